The van der Waals surface area contributed by atoms with Gasteiger partial charge in [-0.25, -0.2) is 0 Å². The topological polar surface area (TPSA) is 59.6 Å². The van der Waals surface area contributed by atoms with E-state index < -0.39 is 0 Å². The van der Waals surface area contributed by atoms with Gasteiger partial charge in [-0.15, -0.1) is 0 Å². The first kappa shape index (κ1) is 16.4. The Bertz CT molecular complexity index is 253. The highest BCUT2D eigenvalue weighted by molar-refractivity contribution is 5.86. The number of ether oxygens (including phenoxy) is 2. The molecule has 5 heteroatoms. The van der Waals surface area contributed by atoms with Gasteiger partial charge in [0.2, 0.25) is 5.91 Å². The van der Waals surface area contributed by atoms with Gasteiger partial charge in [0.25, 0.3) is 0 Å². The van der Waals surface area contributed by atoms with Crippen LogP contribution in [0.15, 0.2) is 0 Å². The summed E-state index contributed by atoms with van der Waals surface area (Å²) in [6.07, 6.45) is 4.84. The van der Waals surface area contributed by atoms with E-state index in [0.29, 0.717) is 26.4 Å². The van der Waals surface area contributed by atoms with Crippen molar-refractivity contribution in [3.05, 3.63) is 0 Å². The van der Waals surface area contributed by atoms with Crippen LogP contribution in [0.5, 0.6) is 0 Å². The molecule has 1 aliphatic rings. The zero-order valence-electron chi connectivity index (χ0n) is 12.3. The highest BCUT2D eigenvalue weighted by Crippen LogP contribution is 2.24. The number of rotatable bonds is 10. The summed E-state index contributed by atoms with van der Waals surface area (Å²) in [7, 11) is 1.66. The zero-order chi connectivity index (χ0) is 14.0. The van der Waals surface area contributed by atoms with Crippen molar-refractivity contribution in [3.63, 3.8) is 0 Å². The lowest BCUT2D eigenvalue weighted by Gasteiger charge is -2.27. The summed E-state index contributed by atoms with van der Waals surface area (Å²) >= 11 is 0. The Hall–Kier alpha value is -0.650. The van der Waals surface area contributed by atoms with Crippen molar-refractivity contribution in [3.8, 4) is 0 Å². The van der Waals surface area contributed by atoms with E-state index in [0.717, 1.165) is 38.6 Å². The normalized spacial score (nSPS) is 22.6. The third-order valence-electron chi connectivity index (χ3n) is 3.54. The summed E-state index contributed by atoms with van der Waals surface area (Å²) in [5.74, 6) is 0.156. The molecule has 0 aromatic heterocycles. The molecule has 0 bridgehead atoms. The molecule has 1 fully saturated rings. The number of carbonyl (C=O) groups excluding carboxylic acids is 1. The Labute approximate surface area is 116 Å². The second-order valence-corrected chi connectivity index (χ2v) is 5.08. The van der Waals surface area contributed by atoms with Crippen molar-refractivity contribution in [1.29, 1.82) is 0 Å². The number of carbonyl (C=O) groups is 1. The average molecular weight is 272 g/mol. The lowest BCUT2D eigenvalue weighted by molar-refractivity contribution is -0.127. The molecule has 1 saturated heterocycles. The Morgan fingerprint density at radius 1 is 1.37 bits per heavy atom. The first-order valence-corrected chi connectivity index (χ1v) is 7.35. The number of methoxy groups -OCH3 is 1. The van der Waals surface area contributed by atoms with Crippen molar-refractivity contribution in [2.75, 3.05) is 40.0 Å². The molecule has 0 aromatic carbocycles. The number of nitrogens with one attached hydrogen (secondary N) is 2. The molecule has 1 heterocycles. The van der Waals surface area contributed by atoms with Crippen LogP contribution in [0.4, 0.5) is 0 Å². The van der Waals surface area contributed by atoms with Gasteiger partial charge in [0.15, 0.2) is 0 Å². The minimum Gasteiger partial charge on any atom is -0.382 e. The molecule has 5 nitrogen and oxygen atoms in total. The summed E-state index contributed by atoms with van der Waals surface area (Å²) in [5.41, 5.74) is -0.314. The van der Waals surface area contributed by atoms with E-state index in [9.17, 15) is 4.79 Å². The lowest BCUT2D eigenvalue weighted by atomic mass is 9.91. The van der Waals surface area contributed by atoms with Crippen LogP contribution >= 0.6 is 0 Å². The van der Waals surface area contributed by atoms with Gasteiger partial charge in [-0.1, -0.05) is 13.3 Å². The number of hydrogen-bond acceptors (Lipinski definition) is 4. The average Bonchev–Trinajstić information content (AvgIpc) is 2.88. The molecule has 1 rings (SSSR count). The van der Waals surface area contributed by atoms with Gasteiger partial charge in [0.05, 0.1) is 18.8 Å². The Morgan fingerprint density at radius 2 is 2.21 bits per heavy atom. The molecule has 0 aromatic rings. The van der Waals surface area contributed by atoms with E-state index in [-0.39, 0.29) is 11.4 Å². The molecule has 1 unspecified atom stereocenters. The molecule has 1 aliphatic heterocycles. The van der Waals surface area contributed by atoms with Crippen LogP contribution in [0.25, 0.3) is 0 Å². The van der Waals surface area contributed by atoms with Crippen LogP contribution in [0, 0.1) is 0 Å². The smallest absolute Gasteiger partial charge is 0.240 e. The fourth-order valence-corrected chi connectivity index (χ4v) is 2.54. The fraction of sp³-hybridized carbons (Fsp3) is 0.929. The van der Waals surface area contributed by atoms with Gasteiger partial charge in [-0.2, -0.15) is 0 Å². The second-order valence-electron chi connectivity index (χ2n) is 5.08. The highest BCUT2D eigenvalue weighted by atomic mass is 16.5. The molecule has 112 valence electrons. The van der Waals surface area contributed by atoms with Crippen molar-refractivity contribution in [2.45, 2.75) is 44.6 Å². The molecular weight excluding hydrogens is 244 g/mol. The fourth-order valence-electron chi connectivity index (χ4n) is 2.54. The molecular formula is C14H28N2O3. The molecule has 0 spiro atoms. The summed E-state index contributed by atoms with van der Waals surface area (Å²) in [6.45, 7) is 5.66. The van der Waals surface area contributed by atoms with Gasteiger partial charge in [-0.3, -0.25) is 4.79 Å². The van der Waals surface area contributed by atoms with Crippen LogP contribution < -0.4 is 10.6 Å². The van der Waals surface area contributed by atoms with Crippen LogP contribution in [0.2, 0.25) is 0 Å². The standard InChI is InChI=1S/C14H28N2O3/c1-3-6-14(7-4-9-16-14)13(17)15-8-5-10-19-12-11-18-2/h16H,3-12H2,1-2H3,(H,15,17). The van der Waals surface area contributed by atoms with E-state index in [2.05, 4.69) is 17.6 Å². The monoisotopic (exact) mass is 272 g/mol. The first-order valence-electron chi connectivity index (χ1n) is 7.35. The number of amides is 1. The molecule has 0 aliphatic carbocycles. The predicted octanol–water partition coefficient (Wildman–Crippen LogP) is 1.08. The minimum atomic E-state index is -0.314. The first-order chi connectivity index (χ1) is 9.25. The Morgan fingerprint density at radius 3 is 2.84 bits per heavy atom. The largest absolute Gasteiger partial charge is 0.382 e. The quantitative estimate of drug-likeness (QED) is 0.584. The van der Waals surface area contributed by atoms with E-state index in [1.807, 2.05) is 0 Å². The maximum Gasteiger partial charge on any atom is 0.240 e. The third-order valence-corrected chi connectivity index (χ3v) is 3.54. The van der Waals surface area contributed by atoms with Crippen LogP contribution in [0.1, 0.15) is 39.0 Å². The van der Waals surface area contributed by atoms with Gasteiger partial charge in [0.1, 0.15) is 0 Å². The summed E-state index contributed by atoms with van der Waals surface area (Å²) in [4.78, 5) is 12.3. The maximum absolute atomic E-state index is 12.3. The second kappa shape index (κ2) is 9.28. The summed E-state index contributed by atoms with van der Waals surface area (Å²) in [5, 5.41) is 6.41. The SMILES string of the molecule is CCCC1(C(=O)NCCCOCCOC)CCCN1. The molecule has 0 radical (unpaired) electrons. The van der Waals surface area contributed by atoms with Crippen molar-refractivity contribution in [1.82, 2.24) is 10.6 Å². The minimum absolute atomic E-state index is 0.156. The van der Waals surface area contributed by atoms with Crippen molar-refractivity contribution in [2.24, 2.45) is 0 Å². The molecule has 1 amide bonds. The summed E-state index contributed by atoms with van der Waals surface area (Å²) in [6, 6.07) is 0. The molecule has 2 N–H and O–H groups in total. The van der Waals surface area contributed by atoms with Gasteiger partial charge < -0.3 is 20.1 Å². The van der Waals surface area contributed by atoms with Gasteiger partial charge >= 0.3 is 0 Å². The van der Waals surface area contributed by atoms with Crippen LogP contribution in [0.3, 0.4) is 0 Å². The Kier molecular flexibility index (Phi) is 8.02. The Balaban J connectivity index is 2.15. The number of hydrogen-bond donors (Lipinski definition) is 2. The zero-order valence-corrected chi connectivity index (χ0v) is 12.3. The lowest BCUT2D eigenvalue weighted by Crippen LogP contribution is -2.53. The summed E-state index contributed by atoms with van der Waals surface area (Å²) < 4.78 is 10.3. The van der Waals surface area contributed by atoms with E-state index in [1.54, 1.807) is 7.11 Å². The molecule has 19 heavy (non-hydrogen) atoms. The third kappa shape index (κ3) is 5.47. The highest BCUT2D eigenvalue weighted by Gasteiger charge is 2.39. The van der Waals surface area contributed by atoms with E-state index in [4.69, 9.17) is 9.47 Å². The van der Waals surface area contributed by atoms with Crippen LogP contribution in [-0.4, -0.2) is 51.5 Å². The van der Waals surface area contributed by atoms with Gasteiger partial charge in [-0.05, 0) is 32.2 Å². The van der Waals surface area contributed by atoms with Gasteiger partial charge in [0, 0.05) is 20.3 Å². The predicted molar refractivity (Wildman–Crippen MR) is 75.2 cm³/mol. The van der Waals surface area contributed by atoms with Crippen molar-refractivity contribution < 1.29 is 14.3 Å². The molecule has 1 atom stereocenters. The van der Waals surface area contributed by atoms with E-state index >= 15 is 0 Å². The maximum atomic E-state index is 12.3. The van der Waals surface area contributed by atoms with Crippen LogP contribution in [-0.2, 0) is 14.3 Å². The van der Waals surface area contributed by atoms with Crippen molar-refractivity contribution >= 4 is 5.91 Å². The molecule has 0 saturated carbocycles. The van der Waals surface area contributed by atoms with E-state index in [1.165, 1.54) is 0 Å².